The van der Waals surface area contributed by atoms with Gasteiger partial charge in [-0.25, -0.2) is 0 Å². The first kappa shape index (κ1) is 10.0. The van der Waals surface area contributed by atoms with Gasteiger partial charge in [-0.1, -0.05) is 47.8 Å². The molecule has 0 fully saturated rings. The summed E-state index contributed by atoms with van der Waals surface area (Å²) in [6.45, 7) is 12.2. The molecule has 0 amide bonds. The highest BCUT2D eigenvalue weighted by Gasteiger charge is 2.22. The fourth-order valence-electron chi connectivity index (χ4n) is 1.48. The second-order valence-electron chi connectivity index (χ2n) is 3.51. The Kier molecular flexibility index (Phi) is 2.89. The monoisotopic (exact) mass is 188 g/mol. The summed E-state index contributed by atoms with van der Waals surface area (Å²) in [5, 5.41) is 1.42. The summed E-state index contributed by atoms with van der Waals surface area (Å²) < 4.78 is 0. The van der Waals surface area contributed by atoms with Crippen molar-refractivity contribution in [2.24, 2.45) is 0 Å². The molecule has 0 aliphatic heterocycles. The lowest BCUT2D eigenvalue weighted by Crippen LogP contribution is -2.42. The number of aryl methyl sites for hydroxylation is 1. The number of rotatable bonds is 3. The van der Waals surface area contributed by atoms with E-state index in [0.717, 1.165) is 0 Å². The van der Waals surface area contributed by atoms with Gasteiger partial charge in [0.2, 0.25) is 0 Å². The molecule has 0 saturated carbocycles. The van der Waals surface area contributed by atoms with Crippen LogP contribution in [0.1, 0.15) is 5.56 Å². The Hall–Kier alpha value is -1.08. The van der Waals surface area contributed by atoms with E-state index >= 15 is 0 Å². The zero-order chi connectivity index (χ0) is 9.90. The highest BCUT2D eigenvalue weighted by molar-refractivity contribution is 6.99. The van der Waals surface area contributed by atoms with Crippen LogP contribution in [0.2, 0.25) is 6.55 Å². The van der Waals surface area contributed by atoms with E-state index in [1.807, 2.05) is 0 Å². The molecule has 0 nitrogen and oxygen atoms in total. The SMILES string of the molecule is C=C[Si](C)(C=C)c1ccccc1C. The second-order valence-corrected chi connectivity index (χ2v) is 7.43. The van der Waals surface area contributed by atoms with Crippen molar-refractivity contribution >= 4 is 13.3 Å². The Morgan fingerprint density at radius 3 is 2.15 bits per heavy atom. The van der Waals surface area contributed by atoms with Gasteiger partial charge in [0.05, 0.1) is 0 Å². The van der Waals surface area contributed by atoms with Gasteiger partial charge < -0.3 is 0 Å². The molecule has 0 N–H and O–H groups in total. The zero-order valence-corrected chi connectivity index (χ0v) is 9.38. The average molecular weight is 188 g/mol. The van der Waals surface area contributed by atoms with Gasteiger partial charge in [-0.2, -0.15) is 0 Å². The molecule has 0 aromatic heterocycles. The van der Waals surface area contributed by atoms with E-state index in [2.05, 4.69) is 62.3 Å². The molecular weight excluding hydrogens is 172 g/mol. The molecule has 1 heteroatoms. The van der Waals surface area contributed by atoms with Crippen LogP contribution < -0.4 is 5.19 Å². The van der Waals surface area contributed by atoms with E-state index in [4.69, 9.17) is 0 Å². The van der Waals surface area contributed by atoms with Gasteiger partial charge in [-0.05, 0) is 12.1 Å². The molecule has 0 saturated heterocycles. The summed E-state index contributed by atoms with van der Waals surface area (Å²) >= 11 is 0. The molecule has 1 aromatic rings. The molecule has 0 aliphatic carbocycles. The third kappa shape index (κ3) is 1.81. The van der Waals surface area contributed by atoms with Crippen LogP contribution in [-0.2, 0) is 0 Å². The third-order valence-electron chi connectivity index (χ3n) is 2.57. The molecule has 0 heterocycles. The Bertz CT molecular complexity index is 318. The second kappa shape index (κ2) is 3.75. The van der Waals surface area contributed by atoms with Gasteiger partial charge in [0.15, 0.2) is 0 Å². The minimum Gasteiger partial charge on any atom is -0.106 e. The fourth-order valence-corrected chi connectivity index (χ4v) is 3.48. The average Bonchev–Trinajstić information content (AvgIpc) is 2.17. The first-order valence-electron chi connectivity index (χ1n) is 4.47. The van der Waals surface area contributed by atoms with Crippen LogP contribution in [0.25, 0.3) is 0 Å². The van der Waals surface area contributed by atoms with E-state index in [1.165, 1.54) is 10.8 Å². The van der Waals surface area contributed by atoms with Crippen molar-refractivity contribution in [2.45, 2.75) is 13.5 Å². The minimum absolute atomic E-state index is 1.34. The molecule has 68 valence electrons. The predicted octanol–water partition coefficient (Wildman–Crippen LogP) is 2.73. The smallest absolute Gasteiger partial charge is 0.106 e. The van der Waals surface area contributed by atoms with Gasteiger partial charge in [0, 0.05) is 0 Å². The van der Waals surface area contributed by atoms with Crippen LogP contribution in [0.15, 0.2) is 48.8 Å². The van der Waals surface area contributed by atoms with Crippen molar-refractivity contribution in [2.75, 3.05) is 0 Å². The van der Waals surface area contributed by atoms with Crippen LogP contribution in [-0.4, -0.2) is 8.07 Å². The molecule has 0 aliphatic rings. The Morgan fingerprint density at radius 1 is 1.15 bits per heavy atom. The van der Waals surface area contributed by atoms with Gasteiger partial charge in [0.25, 0.3) is 0 Å². The van der Waals surface area contributed by atoms with Crippen LogP contribution in [0.3, 0.4) is 0 Å². The third-order valence-corrected chi connectivity index (χ3v) is 5.99. The summed E-state index contributed by atoms with van der Waals surface area (Å²) in [5.41, 5.74) is 5.49. The lowest BCUT2D eigenvalue weighted by Gasteiger charge is -2.21. The van der Waals surface area contributed by atoms with Crippen molar-refractivity contribution < 1.29 is 0 Å². The first-order valence-corrected chi connectivity index (χ1v) is 7.13. The van der Waals surface area contributed by atoms with Crippen LogP contribution in [0.5, 0.6) is 0 Å². The Balaban J connectivity index is 3.27. The molecule has 0 radical (unpaired) electrons. The first-order chi connectivity index (χ1) is 6.14. The number of hydrogen-bond acceptors (Lipinski definition) is 0. The molecule has 0 bridgehead atoms. The zero-order valence-electron chi connectivity index (χ0n) is 8.38. The molecule has 13 heavy (non-hydrogen) atoms. The predicted molar refractivity (Wildman–Crippen MR) is 62.8 cm³/mol. The molecule has 0 unspecified atom stereocenters. The maximum atomic E-state index is 3.91. The van der Waals surface area contributed by atoms with Crippen LogP contribution in [0, 0.1) is 6.92 Å². The molecule has 1 rings (SSSR count). The minimum atomic E-state index is -1.59. The summed E-state index contributed by atoms with van der Waals surface area (Å²) in [7, 11) is -1.59. The topological polar surface area (TPSA) is 0 Å². The van der Waals surface area contributed by atoms with Crippen LogP contribution >= 0.6 is 0 Å². The molecule has 1 aromatic carbocycles. The van der Waals surface area contributed by atoms with E-state index in [0.29, 0.717) is 0 Å². The van der Waals surface area contributed by atoms with Crippen molar-refractivity contribution in [3.8, 4) is 0 Å². The van der Waals surface area contributed by atoms with Gasteiger partial charge in [0.1, 0.15) is 8.07 Å². The maximum absolute atomic E-state index is 3.91. The van der Waals surface area contributed by atoms with Gasteiger partial charge in [-0.3, -0.25) is 0 Å². The van der Waals surface area contributed by atoms with Crippen LogP contribution in [0.4, 0.5) is 0 Å². The van der Waals surface area contributed by atoms with Crippen molar-refractivity contribution in [1.29, 1.82) is 0 Å². The normalized spacial score (nSPS) is 10.9. The lowest BCUT2D eigenvalue weighted by atomic mass is 10.2. The highest BCUT2D eigenvalue weighted by Crippen LogP contribution is 2.08. The molecule has 0 spiro atoms. The maximum Gasteiger partial charge on any atom is 0.130 e. The standard InChI is InChI=1S/C12H16Si/c1-5-13(4,6-2)12-10-8-7-9-11(12)3/h5-10H,1-2H2,3-4H3. The Morgan fingerprint density at radius 2 is 1.69 bits per heavy atom. The lowest BCUT2D eigenvalue weighted by molar-refractivity contribution is 1.50. The number of hydrogen-bond donors (Lipinski definition) is 0. The summed E-state index contributed by atoms with van der Waals surface area (Å²) in [4.78, 5) is 0. The highest BCUT2D eigenvalue weighted by atomic mass is 28.3. The largest absolute Gasteiger partial charge is 0.130 e. The summed E-state index contributed by atoms with van der Waals surface area (Å²) in [5.74, 6) is 0. The van der Waals surface area contributed by atoms with Crippen molar-refractivity contribution in [1.82, 2.24) is 0 Å². The van der Waals surface area contributed by atoms with Gasteiger partial charge >= 0.3 is 0 Å². The van der Waals surface area contributed by atoms with E-state index in [-0.39, 0.29) is 0 Å². The van der Waals surface area contributed by atoms with E-state index in [9.17, 15) is 0 Å². The fraction of sp³-hybridized carbons (Fsp3) is 0.167. The van der Waals surface area contributed by atoms with Crippen molar-refractivity contribution in [3.63, 3.8) is 0 Å². The van der Waals surface area contributed by atoms with E-state index in [1.54, 1.807) is 0 Å². The summed E-state index contributed by atoms with van der Waals surface area (Å²) in [6.07, 6.45) is 0. The van der Waals surface area contributed by atoms with E-state index < -0.39 is 8.07 Å². The molecular formula is C12H16Si. The number of benzene rings is 1. The molecule has 0 atom stereocenters. The quantitative estimate of drug-likeness (QED) is 0.640. The Labute approximate surface area is 81.6 Å². The van der Waals surface area contributed by atoms with Gasteiger partial charge in [-0.15, -0.1) is 13.2 Å². The summed E-state index contributed by atoms with van der Waals surface area (Å²) in [6, 6.07) is 8.49. The van der Waals surface area contributed by atoms with Crippen molar-refractivity contribution in [3.05, 3.63) is 54.4 Å².